The predicted molar refractivity (Wildman–Crippen MR) is 79.6 cm³/mol. The van der Waals surface area contributed by atoms with E-state index in [2.05, 4.69) is 20.6 Å². The number of benzene rings is 1. The van der Waals surface area contributed by atoms with E-state index in [4.69, 9.17) is 5.11 Å². The lowest BCUT2D eigenvalue weighted by Gasteiger charge is -2.09. The van der Waals surface area contributed by atoms with Crippen molar-refractivity contribution in [2.24, 2.45) is 0 Å². The molecule has 108 valence electrons. The van der Waals surface area contributed by atoms with Crippen molar-refractivity contribution in [3.8, 4) is 0 Å². The third-order valence-electron chi connectivity index (χ3n) is 3.15. The van der Waals surface area contributed by atoms with E-state index in [1.165, 1.54) is 0 Å². The van der Waals surface area contributed by atoms with E-state index in [9.17, 15) is 4.79 Å². The Balaban J connectivity index is 1.80. The van der Waals surface area contributed by atoms with E-state index in [0.29, 0.717) is 25.3 Å². The number of carboxylic acid groups (broad SMARTS) is 1. The molecule has 1 aromatic carbocycles. The molecule has 2 heterocycles. The Morgan fingerprint density at radius 3 is 3.00 bits per heavy atom. The average Bonchev–Trinajstić information content (AvgIpc) is 2.96. The Kier molecular flexibility index (Phi) is 3.55. The third kappa shape index (κ3) is 2.71. The summed E-state index contributed by atoms with van der Waals surface area (Å²) in [5.74, 6) is 0.703. The summed E-state index contributed by atoms with van der Waals surface area (Å²) >= 11 is 0. The summed E-state index contributed by atoms with van der Waals surface area (Å²) in [7, 11) is 0. The fourth-order valence-electron chi connectivity index (χ4n) is 2.21. The smallest absolute Gasteiger partial charge is 0.404 e. The molecular weight excluding hydrogens is 270 g/mol. The van der Waals surface area contributed by atoms with Crippen LogP contribution in [0.15, 0.2) is 36.7 Å². The highest BCUT2D eigenvalue weighted by Gasteiger charge is 2.08. The summed E-state index contributed by atoms with van der Waals surface area (Å²) in [4.78, 5) is 19.3. The molecule has 0 atom stereocenters. The van der Waals surface area contributed by atoms with E-state index in [1.54, 1.807) is 6.20 Å². The molecule has 21 heavy (non-hydrogen) atoms. The van der Waals surface area contributed by atoms with Crippen molar-refractivity contribution in [3.63, 3.8) is 0 Å². The van der Waals surface area contributed by atoms with Gasteiger partial charge < -0.3 is 15.7 Å². The standard InChI is InChI=1S/C14H15N5O2/c20-14(21)17-7-3-6-15-12-13-16-8-9-19(13)11-5-2-1-4-10(11)18-12/h1-2,4-5,8-9,17H,3,6-7H2,(H,15,18)(H,20,21). The molecule has 3 rings (SSSR count). The van der Waals surface area contributed by atoms with Crippen molar-refractivity contribution in [3.05, 3.63) is 36.7 Å². The van der Waals surface area contributed by atoms with Crippen LogP contribution >= 0.6 is 0 Å². The van der Waals surface area contributed by atoms with Crippen molar-refractivity contribution in [1.29, 1.82) is 0 Å². The largest absolute Gasteiger partial charge is 0.465 e. The molecule has 0 spiro atoms. The molecule has 0 unspecified atom stereocenters. The minimum absolute atomic E-state index is 0.403. The Morgan fingerprint density at radius 1 is 1.29 bits per heavy atom. The lowest BCUT2D eigenvalue weighted by molar-refractivity contribution is 0.194. The number of nitrogens with one attached hydrogen (secondary N) is 2. The van der Waals surface area contributed by atoms with E-state index in [1.807, 2.05) is 34.9 Å². The molecule has 0 bridgehead atoms. The first-order valence-corrected chi connectivity index (χ1v) is 6.68. The van der Waals surface area contributed by atoms with Crippen LogP contribution < -0.4 is 10.6 Å². The zero-order chi connectivity index (χ0) is 14.7. The van der Waals surface area contributed by atoms with Crippen molar-refractivity contribution >= 4 is 28.6 Å². The second-order valence-corrected chi connectivity index (χ2v) is 4.58. The summed E-state index contributed by atoms with van der Waals surface area (Å²) in [5.41, 5.74) is 2.65. The molecule has 0 radical (unpaired) electrons. The van der Waals surface area contributed by atoms with Crippen LogP contribution in [-0.2, 0) is 0 Å². The summed E-state index contributed by atoms with van der Waals surface area (Å²) in [6.07, 6.45) is 3.31. The lowest BCUT2D eigenvalue weighted by atomic mass is 10.3. The molecule has 0 saturated carbocycles. The molecule has 2 aromatic heterocycles. The van der Waals surface area contributed by atoms with Crippen LogP contribution in [0.3, 0.4) is 0 Å². The molecular formula is C14H15N5O2. The highest BCUT2D eigenvalue weighted by molar-refractivity contribution is 5.82. The van der Waals surface area contributed by atoms with Gasteiger partial charge in [0.25, 0.3) is 0 Å². The van der Waals surface area contributed by atoms with Crippen molar-refractivity contribution in [1.82, 2.24) is 19.7 Å². The fourth-order valence-corrected chi connectivity index (χ4v) is 2.21. The SMILES string of the molecule is O=C(O)NCCCNc1nc2ccccc2n2ccnc12. The number of para-hydroxylation sites is 2. The first-order valence-electron chi connectivity index (χ1n) is 6.68. The monoisotopic (exact) mass is 285 g/mol. The first kappa shape index (κ1) is 13.2. The van der Waals surface area contributed by atoms with Gasteiger partial charge >= 0.3 is 6.09 Å². The van der Waals surface area contributed by atoms with Crippen LogP contribution in [0.2, 0.25) is 0 Å². The molecule has 3 aromatic rings. The summed E-state index contributed by atoms with van der Waals surface area (Å²) in [5, 5.41) is 14.0. The molecule has 0 saturated heterocycles. The van der Waals surface area contributed by atoms with Gasteiger partial charge in [0.05, 0.1) is 11.0 Å². The quantitative estimate of drug-likeness (QED) is 0.623. The van der Waals surface area contributed by atoms with E-state index < -0.39 is 6.09 Å². The molecule has 0 aliphatic rings. The zero-order valence-electron chi connectivity index (χ0n) is 11.3. The molecule has 0 fully saturated rings. The highest BCUT2D eigenvalue weighted by atomic mass is 16.4. The number of imidazole rings is 1. The van der Waals surface area contributed by atoms with Gasteiger partial charge in [-0.15, -0.1) is 0 Å². The van der Waals surface area contributed by atoms with Crippen LogP contribution in [0.5, 0.6) is 0 Å². The second-order valence-electron chi connectivity index (χ2n) is 4.58. The highest BCUT2D eigenvalue weighted by Crippen LogP contribution is 2.20. The topological polar surface area (TPSA) is 91.5 Å². The van der Waals surface area contributed by atoms with Gasteiger partial charge in [-0.3, -0.25) is 4.40 Å². The minimum atomic E-state index is -1.01. The van der Waals surface area contributed by atoms with Crippen LogP contribution in [0.1, 0.15) is 6.42 Å². The first-order chi connectivity index (χ1) is 10.3. The Hall–Kier alpha value is -2.83. The molecule has 0 aliphatic heterocycles. The zero-order valence-corrected chi connectivity index (χ0v) is 11.3. The predicted octanol–water partition coefficient (Wildman–Crippen LogP) is 1.95. The number of hydrogen-bond donors (Lipinski definition) is 3. The maximum atomic E-state index is 10.4. The minimum Gasteiger partial charge on any atom is -0.465 e. The summed E-state index contributed by atoms with van der Waals surface area (Å²) in [6.45, 7) is 1.02. The number of carbonyl (C=O) groups is 1. The maximum Gasteiger partial charge on any atom is 0.404 e. The number of nitrogens with zero attached hydrogens (tertiary/aromatic N) is 3. The van der Waals surface area contributed by atoms with Gasteiger partial charge in [-0.05, 0) is 18.6 Å². The third-order valence-corrected chi connectivity index (χ3v) is 3.15. The number of rotatable bonds is 5. The Labute approximate surface area is 120 Å². The van der Waals surface area contributed by atoms with Crippen LogP contribution in [0, 0.1) is 0 Å². The molecule has 3 N–H and O–H groups in total. The Morgan fingerprint density at radius 2 is 2.14 bits per heavy atom. The fraction of sp³-hybridized carbons (Fsp3) is 0.214. The summed E-state index contributed by atoms with van der Waals surface area (Å²) in [6, 6.07) is 7.86. The molecule has 7 heteroatoms. The van der Waals surface area contributed by atoms with E-state index >= 15 is 0 Å². The molecule has 1 amide bonds. The van der Waals surface area contributed by atoms with Crippen LogP contribution in [-0.4, -0.2) is 38.7 Å². The lowest BCUT2D eigenvalue weighted by Crippen LogP contribution is -2.23. The van der Waals surface area contributed by atoms with Crippen LogP contribution in [0.4, 0.5) is 10.6 Å². The molecule has 7 nitrogen and oxygen atoms in total. The molecule has 0 aliphatic carbocycles. The average molecular weight is 285 g/mol. The van der Waals surface area contributed by atoms with Gasteiger partial charge in [-0.1, -0.05) is 12.1 Å². The van der Waals surface area contributed by atoms with Crippen molar-refractivity contribution < 1.29 is 9.90 Å². The normalized spacial score (nSPS) is 10.9. The maximum absolute atomic E-state index is 10.4. The number of fused-ring (bicyclic) bond motifs is 3. The van der Waals surface area contributed by atoms with Crippen molar-refractivity contribution in [2.75, 3.05) is 18.4 Å². The van der Waals surface area contributed by atoms with Crippen LogP contribution in [0.25, 0.3) is 16.7 Å². The van der Waals surface area contributed by atoms with Gasteiger partial charge in [-0.2, -0.15) is 0 Å². The second kappa shape index (κ2) is 5.66. The van der Waals surface area contributed by atoms with Crippen molar-refractivity contribution in [2.45, 2.75) is 6.42 Å². The van der Waals surface area contributed by atoms with Gasteiger partial charge in [0.2, 0.25) is 0 Å². The Bertz CT molecular complexity index is 783. The number of anilines is 1. The number of aromatic nitrogens is 3. The van der Waals surface area contributed by atoms with Gasteiger partial charge in [-0.25, -0.2) is 14.8 Å². The number of amides is 1. The van der Waals surface area contributed by atoms with E-state index in [-0.39, 0.29) is 0 Å². The number of hydrogen-bond acceptors (Lipinski definition) is 4. The van der Waals surface area contributed by atoms with Gasteiger partial charge in [0, 0.05) is 25.5 Å². The summed E-state index contributed by atoms with van der Waals surface area (Å²) < 4.78 is 1.99. The van der Waals surface area contributed by atoms with Gasteiger partial charge in [0.1, 0.15) is 0 Å². The van der Waals surface area contributed by atoms with E-state index in [0.717, 1.165) is 16.7 Å². The van der Waals surface area contributed by atoms with Gasteiger partial charge in [0.15, 0.2) is 11.5 Å².